The molecule has 138 valence electrons. The highest BCUT2D eigenvalue weighted by Crippen LogP contribution is 2.24. The highest BCUT2D eigenvalue weighted by molar-refractivity contribution is 9.10. The van der Waals surface area contributed by atoms with Gasteiger partial charge in [-0.1, -0.05) is 35.2 Å². The molecule has 2 rings (SSSR count). The van der Waals surface area contributed by atoms with Crippen molar-refractivity contribution in [1.29, 1.82) is 0 Å². The number of methoxy groups -OCH3 is 1. The van der Waals surface area contributed by atoms with Crippen LogP contribution in [-0.4, -0.2) is 49.3 Å². The van der Waals surface area contributed by atoms with Crippen LogP contribution in [0.25, 0.3) is 0 Å². The van der Waals surface area contributed by atoms with E-state index < -0.39 is 0 Å². The standard InChI is InChI=1S/C18H25BrN2O3S/c1-21(14-6-4-3-5-7-14)18(25)20-17(22)15-12-13(19)8-9-16(15)24-11-10-23-2/h8-9,12,14H,3-7,10-11H2,1-2H3,(H,20,22,25). The largest absolute Gasteiger partial charge is 0.490 e. The quantitative estimate of drug-likeness (QED) is 0.552. The molecule has 0 radical (unpaired) electrons. The third-order valence-corrected chi connectivity index (χ3v) is 5.28. The number of ether oxygens (including phenoxy) is 2. The number of benzene rings is 1. The summed E-state index contributed by atoms with van der Waals surface area (Å²) >= 11 is 8.84. The third-order valence-electron chi connectivity index (χ3n) is 4.39. The highest BCUT2D eigenvalue weighted by atomic mass is 79.9. The monoisotopic (exact) mass is 428 g/mol. The molecule has 0 spiro atoms. The zero-order chi connectivity index (χ0) is 18.2. The smallest absolute Gasteiger partial charge is 0.261 e. The van der Waals surface area contributed by atoms with Crippen LogP contribution in [0.4, 0.5) is 0 Å². The normalized spacial score (nSPS) is 14.8. The van der Waals surface area contributed by atoms with E-state index in [-0.39, 0.29) is 5.91 Å². The maximum absolute atomic E-state index is 12.7. The fourth-order valence-electron chi connectivity index (χ4n) is 2.93. The Hall–Kier alpha value is -1.18. The number of halogens is 1. The predicted molar refractivity (Wildman–Crippen MR) is 106 cm³/mol. The number of nitrogens with one attached hydrogen (secondary N) is 1. The van der Waals surface area contributed by atoms with Crippen LogP contribution in [-0.2, 0) is 4.74 Å². The molecule has 1 amide bonds. The van der Waals surface area contributed by atoms with Crippen molar-refractivity contribution in [3.8, 4) is 5.75 Å². The van der Waals surface area contributed by atoms with E-state index >= 15 is 0 Å². The molecule has 7 heteroatoms. The first-order valence-corrected chi connectivity index (χ1v) is 9.72. The second-order valence-electron chi connectivity index (χ2n) is 6.14. The Morgan fingerprint density at radius 2 is 2.04 bits per heavy atom. The molecule has 0 aliphatic heterocycles. The third kappa shape index (κ3) is 5.94. The van der Waals surface area contributed by atoms with Gasteiger partial charge in [-0.25, -0.2) is 0 Å². The van der Waals surface area contributed by atoms with Crippen molar-refractivity contribution in [3.05, 3.63) is 28.2 Å². The maximum atomic E-state index is 12.7. The van der Waals surface area contributed by atoms with Crippen LogP contribution in [0.15, 0.2) is 22.7 Å². The minimum absolute atomic E-state index is 0.263. The molecule has 0 saturated heterocycles. The fraction of sp³-hybridized carbons (Fsp3) is 0.556. The number of carbonyl (C=O) groups is 1. The molecule has 1 fully saturated rings. The van der Waals surface area contributed by atoms with Gasteiger partial charge in [-0.2, -0.15) is 0 Å². The maximum Gasteiger partial charge on any atom is 0.261 e. The van der Waals surface area contributed by atoms with Crippen molar-refractivity contribution < 1.29 is 14.3 Å². The first kappa shape index (κ1) is 20.1. The lowest BCUT2D eigenvalue weighted by Crippen LogP contribution is -2.46. The zero-order valence-corrected chi connectivity index (χ0v) is 17.1. The molecular formula is C18H25BrN2O3S. The summed E-state index contributed by atoms with van der Waals surface area (Å²) < 4.78 is 11.4. The molecule has 1 aromatic carbocycles. The summed E-state index contributed by atoms with van der Waals surface area (Å²) in [4.78, 5) is 14.7. The van der Waals surface area contributed by atoms with E-state index in [9.17, 15) is 4.79 Å². The van der Waals surface area contributed by atoms with Gasteiger partial charge in [0.1, 0.15) is 12.4 Å². The van der Waals surface area contributed by atoms with Crippen LogP contribution in [0.1, 0.15) is 42.5 Å². The molecule has 1 aromatic rings. The lowest BCUT2D eigenvalue weighted by Gasteiger charge is -2.32. The summed E-state index contributed by atoms with van der Waals surface area (Å²) in [5, 5.41) is 3.30. The SMILES string of the molecule is COCCOc1ccc(Br)cc1C(=O)NC(=S)N(C)C1CCCCC1. The van der Waals surface area contributed by atoms with Gasteiger partial charge in [0.05, 0.1) is 12.2 Å². The lowest BCUT2D eigenvalue weighted by molar-refractivity contribution is 0.0964. The summed E-state index contributed by atoms with van der Waals surface area (Å²) in [5.74, 6) is 0.252. The molecule has 1 aliphatic carbocycles. The van der Waals surface area contributed by atoms with Gasteiger partial charge in [-0.3, -0.25) is 10.1 Å². The summed E-state index contributed by atoms with van der Waals surface area (Å²) in [6.07, 6.45) is 5.95. The molecule has 0 aromatic heterocycles. The van der Waals surface area contributed by atoms with Gasteiger partial charge in [0, 0.05) is 24.7 Å². The number of hydrogen-bond acceptors (Lipinski definition) is 4. The Morgan fingerprint density at radius 1 is 1.32 bits per heavy atom. The van der Waals surface area contributed by atoms with E-state index in [1.165, 1.54) is 19.3 Å². The fourth-order valence-corrected chi connectivity index (χ4v) is 3.53. The Bertz CT molecular complexity index is 606. The van der Waals surface area contributed by atoms with E-state index in [0.717, 1.165) is 17.3 Å². The second kappa shape index (κ2) is 10.1. The Kier molecular flexibility index (Phi) is 8.12. The first-order valence-electron chi connectivity index (χ1n) is 8.52. The Balaban J connectivity index is 2.03. The van der Waals surface area contributed by atoms with Gasteiger partial charge in [0.2, 0.25) is 0 Å². The topological polar surface area (TPSA) is 50.8 Å². The highest BCUT2D eigenvalue weighted by Gasteiger charge is 2.22. The number of thiocarbonyl (C=S) groups is 1. The van der Waals surface area contributed by atoms with Crippen molar-refractivity contribution in [2.75, 3.05) is 27.4 Å². The van der Waals surface area contributed by atoms with E-state index in [4.69, 9.17) is 21.7 Å². The molecule has 25 heavy (non-hydrogen) atoms. The molecule has 1 saturated carbocycles. The van der Waals surface area contributed by atoms with E-state index in [0.29, 0.717) is 35.7 Å². The van der Waals surface area contributed by atoms with Crippen LogP contribution in [0.2, 0.25) is 0 Å². The summed E-state index contributed by atoms with van der Waals surface area (Å²) in [5.41, 5.74) is 0.449. The van der Waals surface area contributed by atoms with Gasteiger partial charge < -0.3 is 14.4 Å². The Morgan fingerprint density at radius 3 is 2.72 bits per heavy atom. The van der Waals surface area contributed by atoms with Crippen molar-refractivity contribution in [2.45, 2.75) is 38.1 Å². The van der Waals surface area contributed by atoms with Gasteiger partial charge in [-0.15, -0.1) is 0 Å². The lowest BCUT2D eigenvalue weighted by atomic mass is 9.95. The van der Waals surface area contributed by atoms with Crippen LogP contribution in [0, 0.1) is 0 Å². The van der Waals surface area contributed by atoms with Gasteiger partial charge in [0.15, 0.2) is 5.11 Å². The molecule has 0 bridgehead atoms. The van der Waals surface area contributed by atoms with Crippen LogP contribution >= 0.6 is 28.1 Å². The van der Waals surface area contributed by atoms with Crippen molar-refractivity contribution >= 4 is 39.2 Å². The molecule has 5 nitrogen and oxygen atoms in total. The Labute approximate surface area is 163 Å². The predicted octanol–water partition coefficient (Wildman–Crippen LogP) is 3.75. The number of amides is 1. The summed E-state index contributed by atoms with van der Waals surface area (Å²) in [6, 6.07) is 5.75. The van der Waals surface area contributed by atoms with E-state index in [2.05, 4.69) is 21.2 Å². The zero-order valence-electron chi connectivity index (χ0n) is 14.7. The van der Waals surface area contributed by atoms with Crippen LogP contribution < -0.4 is 10.1 Å². The van der Waals surface area contributed by atoms with Crippen LogP contribution in [0.5, 0.6) is 5.75 Å². The van der Waals surface area contributed by atoms with E-state index in [1.54, 1.807) is 19.2 Å². The second-order valence-corrected chi connectivity index (χ2v) is 7.45. The van der Waals surface area contributed by atoms with Crippen LogP contribution in [0.3, 0.4) is 0 Å². The van der Waals surface area contributed by atoms with E-state index in [1.807, 2.05) is 18.0 Å². The van der Waals surface area contributed by atoms with Gasteiger partial charge in [0.25, 0.3) is 5.91 Å². The van der Waals surface area contributed by atoms with Gasteiger partial charge in [-0.05, 0) is 43.3 Å². The van der Waals surface area contributed by atoms with Crippen molar-refractivity contribution in [2.24, 2.45) is 0 Å². The minimum atomic E-state index is -0.263. The number of carbonyl (C=O) groups excluding carboxylic acids is 1. The average molecular weight is 429 g/mol. The minimum Gasteiger partial charge on any atom is -0.490 e. The molecule has 0 unspecified atom stereocenters. The number of hydrogen-bond donors (Lipinski definition) is 1. The molecule has 1 N–H and O–H groups in total. The number of nitrogens with zero attached hydrogens (tertiary/aromatic N) is 1. The van der Waals surface area contributed by atoms with Crippen molar-refractivity contribution in [3.63, 3.8) is 0 Å². The number of rotatable bonds is 6. The first-order chi connectivity index (χ1) is 12.0. The summed E-state index contributed by atoms with van der Waals surface area (Å²) in [6.45, 7) is 0.838. The molecular weight excluding hydrogens is 404 g/mol. The van der Waals surface area contributed by atoms with Gasteiger partial charge >= 0.3 is 0 Å². The molecule has 0 atom stereocenters. The summed E-state index contributed by atoms with van der Waals surface area (Å²) in [7, 11) is 3.56. The molecule has 1 aliphatic rings. The average Bonchev–Trinajstić information content (AvgIpc) is 2.63. The van der Waals surface area contributed by atoms with Crippen molar-refractivity contribution in [1.82, 2.24) is 10.2 Å². The molecule has 0 heterocycles.